The summed E-state index contributed by atoms with van der Waals surface area (Å²) in [6.07, 6.45) is 1.70. The van der Waals surface area contributed by atoms with Crippen LogP contribution in [0.1, 0.15) is 22.6 Å². The molecule has 0 radical (unpaired) electrons. The van der Waals surface area contributed by atoms with E-state index < -0.39 is 0 Å². The second-order valence-corrected chi connectivity index (χ2v) is 6.72. The lowest BCUT2D eigenvalue weighted by atomic mass is 10.1. The molecule has 5 nitrogen and oxygen atoms in total. The van der Waals surface area contributed by atoms with E-state index in [9.17, 15) is 9.59 Å². The number of halogens is 2. The Balaban J connectivity index is 1.69. The van der Waals surface area contributed by atoms with E-state index in [2.05, 4.69) is 10.3 Å². The number of aromatic nitrogens is 2. The molecule has 1 amide bonds. The van der Waals surface area contributed by atoms with Crippen molar-refractivity contribution in [2.24, 2.45) is 0 Å². The predicted molar refractivity (Wildman–Crippen MR) is 98.7 cm³/mol. The Morgan fingerprint density at radius 1 is 1.12 bits per heavy atom. The smallest absolute Gasteiger partial charge is 0.261 e. The summed E-state index contributed by atoms with van der Waals surface area (Å²) < 4.78 is 1.71. The largest absolute Gasteiger partial charge is 0.322 e. The average Bonchev–Trinajstić information content (AvgIpc) is 3.06. The van der Waals surface area contributed by atoms with E-state index in [4.69, 9.17) is 23.2 Å². The first-order valence-electron chi connectivity index (χ1n) is 7.83. The summed E-state index contributed by atoms with van der Waals surface area (Å²) in [5.41, 5.74) is 1.46. The van der Waals surface area contributed by atoms with Crippen molar-refractivity contribution in [3.63, 3.8) is 0 Å². The van der Waals surface area contributed by atoms with Gasteiger partial charge in [0.25, 0.3) is 11.5 Å². The average molecular weight is 374 g/mol. The third kappa shape index (κ3) is 2.90. The summed E-state index contributed by atoms with van der Waals surface area (Å²) in [5, 5.41) is 4.07. The van der Waals surface area contributed by atoms with Crippen LogP contribution in [0.15, 0.2) is 41.2 Å². The normalized spacial score (nSPS) is 13.0. The predicted octanol–water partition coefficient (Wildman–Crippen LogP) is 3.90. The topological polar surface area (TPSA) is 64.0 Å². The molecule has 0 aliphatic carbocycles. The highest BCUT2D eigenvalue weighted by molar-refractivity contribution is 6.42. The number of carbonyl (C=O) groups excluding carboxylic acids is 1. The molecule has 126 valence electrons. The lowest BCUT2D eigenvalue weighted by Crippen LogP contribution is -2.21. The van der Waals surface area contributed by atoms with Gasteiger partial charge in [-0.3, -0.25) is 14.2 Å². The molecule has 1 aliphatic rings. The van der Waals surface area contributed by atoms with Crippen molar-refractivity contribution in [2.45, 2.75) is 19.4 Å². The van der Waals surface area contributed by atoms with Crippen LogP contribution < -0.4 is 10.9 Å². The zero-order valence-corrected chi connectivity index (χ0v) is 14.6. The van der Waals surface area contributed by atoms with Gasteiger partial charge in [0, 0.05) is 24.2 Å². The molecule has 0 spiro atoms. The van der Waals surface area contributed by atoms with Crippen molar-refractivity contribution in [1.82, 2.24) is 9.55 Å². The molecule has 0 bridgehead atoms. The second-order valence-electron chi connectivity index (χ2n) is 5.90. The summed E-state index contributed by atoms with van der Waals surface area (Å²) in [4.78, 5) is 29.5. The Morgan fingerprint density at radius 2 is 1.96 bits per heavy atom. The molecule has 25 heavy (non-hydrogen) atoms. The fraction of sp³-hybridized carbons (Fsp3) is 0.167. The Hall–Kier alpha value is -2.37. The van der Waals surface area contributed by atoms with Crippen molar-refractivity contribution in [2.75, 3.05) is 5.32 Å². The van der Waals surface area contributed by atoms with Crippen LogP contribution in [-0.2, 0) is 13.0 Å². The third-order valence-electron chi connectivity index (χ3n) is 4.26. The second kappa shape index (κ2) is 6.17. The molecule has 0 atom stereocenters. The maximum Gasteiger partial charge on any atom is 0.261 e. The van der Waals surface area contributed by atoms with Crippen molar-refractivity contribution in [1.29, 1.82) is 0 Å². The van der Waals surface area contributed by atoms with Crippen molar-refractivity contribution < 1.29 is 4.79 Å². The number of carbonyl (C=O) groups is 1. The first-order valence-corrected chi connectivity index (χ1v) is 8.58. The van der Waals surface area contributed by atoms with E-state index in [1.165, 1.54) is 0 Å². The van der Waals surface area contributed by atoms with E-state index in [1.807, 2.05) is 0 Å². The molecule has 3 aromatic rings. The molecular weight excluding hydrogens is 361 g/mol. The number of benzene rings is 2. The van der Waals surface area contributed by atoms with Crippen LogP contribution >= 0.6 is 23.2 Å². The van der Waals surface area contributed by atoms with E-state index in [0.717, 1.165) is 18.7 Å². The number of hydrogen-bond donors (Lipinski definition) is 1. The molecule has 0 fully saturated rings. The number of anilines is 1. The number of rotatable bonds is 2. The summed E-state index contributed by atoms with van der Waals surface area (Å²) in [6, 6.07) is 9.79. The number of hydrogen-bond acceptors (Lipinski definition) is 3. The number of nitrogens with one attached hydrogen (secondary N) is 1. The summed E-state index contributed by atoms with van der Waals surface area (Å²) in [6.45, 7) is 0.705. The Morgan fingerprint density at radius 3 is 2.76 bits per heavy atom. The van der Waals surface area contributed by atoms with Crippen LogP contribution in [-0.4, -0.2) is 15.5 Å². The van der Waals surface area contributed by atoms with Gasteiger partial charge in [0.2, 0.25) is 0 Å². The van der Waals surface area contributed by atoms with Crippen molar-refractivity contribution >= 4 is 45.7 Å². The molecule has 7 heteroatoms. The lowest BCUT2D eigenvalue weighted by molar-refractivity contribution is 0.102. The highest BCUT2D eigenvalue weighted by Gasteiger charge is 2.17. The van der Waals surface area contributed by atoms with Crippen molar-refractivity contribution in [3.8, 4) is 0 Å². The number of fused-ring (bicyclic) bond motifs is 2. The van der Waals surface area contributed by atoms with E-state index in [1.54, 1.807) is 41.0 Å². The minimum atomic E-state index is -0.303. The van der Waals surface area contributed by atoms with E-state index in [0.29, 0.717) is 38.7 Å². The molecule has 1 N–H and O–H groups in total. The third-order valence-corrected chi connectivity index (χ3v) is 5.00. The Kier molecular flexibility index (Phi) is 3.98. The van der Waals surface area contributed by atoms with Gasteiger partial charge in [0.05, 0.1) is 20.9 Å². The van der Waals surface area contributed by atoms with Crippen LogP contribution in [0.2, 0.25) is 10.0 Å². The zero-order chi connectivity index (χ0) is 17.6. The monoisotopic (exact) mass is 373 g/mol. The molecule has 1 aliphatic heterocycles. The Labute approximate surface area is 153 Å². The molecule has 0 saturated heterocycles. The van der Waals surface area contributed by atoms with Gasteiger partial charge in [0.15, 0.2) is 0 Å². The molecule has 0 saturated carbocycles. The van der Waals surface area contributed by atoms with Gasteiger partial charge in [0.1, 0.15) is 5.82 Å². The van der Waals surface area contributed by atoms with E-state index in [-0.39, 0.29) is 11.5 Å². The zero-order valence-electron chi connectivity index (χ0n) is 13.1. The molecular formula is C18H13Cl2N3O2. The SMILES string of the molecule is O=C(Nc1ccc(Cl)c(Cl)c1)c1ccc2c(=O)n3c(nc2c1)CCC3. The van der Waals surface area contributed by atoms with Gasteiger partial charge in [-0.05, 0) is 42.8 Å². The Bertz CT molecular complexity index is 1080. The van der Waals surface area contributed by atoms with Crippen LogP contribution in [0, 0.1) is 0 Å². The van der Waals surface area contributed by atoms with Gasteiger partial charge >= 0.3 is 0 Å². The fourth-order valence-electron chi connectivity index (χ4n) is 3.00. The highest BCUT2D eigenvalue weighted by atomic mass is 35.5. The highest BCUT2D eigenvalue weighted by Crippen LogP contribution is 2.25. The summed E-state index contributed by atoms with van der Waals surface area (Å²) in [5.74, 6) is 0.474. The minimum absolute atomic E-state index is 0.0473. The maximum absolute atomic E-state index is 12.5. The summed E-state index contributed by atoms with van der Waals surface area (Å²) in [7, 11) is 0. The molecule has 4 rings (SSSR count). The lowest BCUT2D eigenvalue weighted by Gasteiger charge is -2.08. The van der Waals surface area contributed by atoms with Gasteiger partial charge in [-0.2, -0.15) is 0 Å². The standard InChI is InChI=1S/C18H13Cl2N3O2/c19-13-6-4-11(9-14(13)20)21-17(24)10-3-5-12-15(8-10)22-16-2-1-7-23(16)18(12)25/h3-6,8-9H,1-2,7H2,(H,21,24). The van der Waals surface area contributed by atoms with Crippen LogP contribution in [0.25, 0.3) is 10.9 Å². The fourth-order valence-corrected chi connectivity index (χ4v) is 3.30. The minimum Gasteiger partial charge on any atom is -0.322 e. The van der Waals surface area contributed by atoms with Gasteiger partial charge in [-0.1, -0.05) is 23.2 Å². The first-order chi connectivity index (χ1) is 12.0. The quantitative estimate of drug-likeness (QED) is 0.740. The van der Waals surface area contributed by atoms with Crippen LogP contribution in [0.4, 0.5) is 5.69 Å². The van der Waals surface area contributed by atoms with Gasteiger partial charge < -0.3 is 5.32 Å². The maximum atomic E-state index is 12.5. The number of aryl methyl sites for hydroxylation is 1. The van der Waals surface area contributed by atoms with E-state index >= 15 is 0 Å². The number of nitrogens with zero attached hydrogens (tertiary/aromatic N) is 2. The number of amides is 1. The van der Waals surface area contributed by atoms with Crippen molar-refractivity contribution in [3.05, 3.63) is 68.2 Å². The summed E-state index contributed by atoms with van der Waals surface area (Å²) >= 11 is 11.8. The van der Waals surface area contributed by atoms with Gasteiger partial charge in [-0.15, -0.1) is 0 Å². The molecule has 0 unspecified atom stereocenters. The first kappa shape index (κ1) is 16.1. The van der Waals surface area contributed by atoms with Gasteiger partial charge in [-0.25, -0.2) is 4.98 Å². The molecule has 2 aromatic carbocycles. The van der Waals surface area contributed by atoms with Crippen LogP contribution in [0.3, 0.4) is 0 Å². The molecule has 2 heterocycles. The molecule has 1 aromatic heterocycles. The van der Waals surface area contributed by atoms with Crippen LogP contribution in [0.5, 0.6) is 0 Å².